The smallest absolute Gasteiger partial charge is 0.266 e. The summed E-state index contributed by atoms with van der Waals surface area (Å²) in [5, 5.41) is 14.6. The number of amides is 2. The molecule has 8 nitrogen and oxygen atoms in total. The summed E-state index contributed by atoms with van der Waals surface area (Å²) in [6, 6.07) is 1.92. The van der Waals surface area contributed by atoms with E-state index in [-0.39, 0.29) is 17.4 Å². The molecule has 1 saturated heterocycles. The minimum atomic E-state index is -0.262. The average molecular weight is 308 g/mol. The van der Waals surface area contributed by atoms with Crippen LogP contribution in [0.5, 0.6) is 0 Å². The zero-order valence-corrected chi connectivity index (χ0v) is 13.0. The zero-order valence-electron chi connectivity index (χ0n) is 13.0. The molecule has 1 fully saturated rings. The summed E-state index contributed by atoms with van der Waals surface area (Å²) < 4.78 is 0. The van der Waals surface area contributed by atoms with Crippen LogP contribution < -0.4 is 16.4 Å². The number of nitrogens with zero attached hydrogens (tertiary/aromatic N) is 3. The molecule has 0 aromatic rings. The Morgan fingerprint density at radius 3 is 2.50 bits per heavy atom. The first kappa shape index (κ1) is 17.9. The number of carbonyl (C=O) groups excluding carboxylic acids is 2. The molecule has 0 aliphatic carbocycles. The molecule has 0 aromatic heterocycles. The molecule has 0 spiro atoms. The van der Waals surface area contributed by atoms with Crippen LogP contribution in [0.2, 0.25) is 0 Å². The van der Waals surface area contributed by atoms with Gasteiger partial charge >= 0.3 is 0 Å². The first-order chi connectivity index (χ1) is 10.6. The van der Waals surface area contributed by atoms with Crippen molar-refractivity contribution in [3.63, 3.8) is 0 Å². The van der Waals surface area contributed by atoms with E-state index < -0.39 is 0 Å². The highest BCUT2D eigenvalue weighted by Gasteiger charge is 2.23. The van der Waals surface area contributed by atoms with Gasteiger partial charge in [0.05, 0.1) is 0 Å². The van der Waals surface area contributed by atoms with E-state index in [1.165, 1.54) is 13.1 Å². The van der Waals surface area contributed by atoms with Crippen molar-refractivity contribution in [3.05, 3.63) is 11.8 Å². The van der Waals surface area contributed by atoms with Gasteiger partial charge in [-0.1, -0.05) is 0 Å². The predicted molar refractivity (Wildman–Crippen MR) is 82.5 cm³/mol. The van der Waals surface area contributed by atoms with E-state index in [0.717, 1.165) is 19.6 Å². The number of nitrogens with two attached hydrogens (primary N) is 1. The second-order valence-corrected chi connectivity index (χ2v) is 5.03. The Labute approximate surface area is 130 Å². The first-order valence-electron chi connectivity index (χ1n) is 7.38. The van der Waals surface area contributed by atoms with E-state index in [1.54, 1.807) is 4.90 Å². The van der Waals surface area contributed by atoms with E-state index >= 15 is 0 Å². The number of hydrogen-bond donors (Lipinski definition) is 3. The molecule has 0 bridgehead atoms. The maximum Gasteiger partial charge on any atom is 0.266 e. The molecule has 22 heavy (non-hydrogen) atoms. The summed E-state index contributed by atoms with van der Waals surface area (Å²) >= 11 is 0. The van der Waals surface area contributed by atoms with Gasteiger partial charge in [0.2, 0.25) is 5.91 Å². The Balaban J connectivity index is 2.41. The SMILES string of the molecule is CC(=O)NCCN/C=C(/C#N)C(=O)N1CCN(CCN)CC1. The fourth-order valence-electron chi connectivity index (χ4n) is 2.15. The highest BCUT2D eigenvalue weighted by molar-refractivity contribution is 5.97. The van der Waals surface area contributed by atoms with Crippen LogP contribution in [0.25, 0.3) is 0 Å². The summed E-state index contributed by atoms with van der Waals surface area (Å²) in [7, 11) is 0. The highest BCUT2D eigenvalue weighted by atomic mass is 16.2. The van der Waals surface area contributed by atoms with Crippen LogP contribution in [0.1, 0.15) is 6.92 Å². The van der Waals surface area contributed by atoms with Crippen molar-refractivity contribution in [1.82, 2.24) is 20.4 Å². The number of nitrogens with one attached hydrogen (secondary N) is 2. The van der Waals surface area contributed by atoms with Crippen molar-refractivity contribution in [2.45, 2.75) is 6.92 Å². The Bertz CT molecular complexity index is 449. The van der Waals surface area contributed by atoms with Crippen LogP contribution in [-0.2, 0) is 9.59 Å². The van der Waals surface area contributed by atoms with Crippen molar-refractivity contribution in [3.8, 4) is 6.07 Å². The Morgan fingerprint density at radius 2 is 1.95 bits per heavy atom. The van der Waals surface area contributed by atoms with E-state index in [2.05, 4.69) is 15.5 Å². The van der Waals surface area contributed by atoms with Gasteiger partial charge in [0.15, 0.2) is 0 Å². The lowest BCUT2D eigenvalue weighted by Gasteiger charge is -2.34. The molecule has 122 valence electrons. The maximum atomic E-state index is 12.2. The summed E-state index contributed by atoms with van der Waals surface area (Å²) in [6.07, 6.45) is 1.41. The summed E-state index contributed by atoms with van der Waals surface area (Å²) in [5.41, 5.74) is 5.59. The molecule has 0 aromatic carbocycles. The van der Waals surface area contributed by atoms with Gasteiger partial charge in [-0.15, -0.1) is 0 Å². The summed E-state index contributed by atoms with van der Waals surface area (Å²) in [5.74, 6) is -0.375. The molecule has 1 aliphatic rings. The third kappa shape index (κ3) is 6.11. The Hall–Kier alpha value is -2.11. The van der Waals surface area contributed by atoms with E-state index in [4.69, 9.17) is 11.0 Å². The van der Waals surface area contributed by atoms with E-state index in [0.29, 0.717) is 32.7 Å². The van der Waals surface area contributed by atoms with Crippen LogP contribution in [0.15, 0.2) is 11.8 Å². The monoisotopic (exact) mass is 308 g/mol. The first-order valence-corrected chi connectivity index (χ1v) is 7.38. The average Bonchev–Trinajstić information content (AvgIpc) is 2.51. The maximum absolute atomic E-state index is 12.2. The molecular weight excluding hydrogens is 284 g/mol. The Morgan fingerprint density at radius 1 is 1.27 bits per heavy atom. The second-order valence-electron chi connectivity index (χ2n) is 5.03. The summed E-state index contributed by atoms with van der Waals surface area (Å²) in [6.45, 7) is 6.52. The number of rotatable bonds is 7. The normalized spacial score (nSPS) is 16.0. The lowest BCUT2D eigenvalue weighted by atomic mass is 10.2. The van der Waals surface area contributed by atoms with Gasteiger partial charge in [0.1, 0.15) is 11.6 Å². The minimum Gasteiger partial charge on any atom is -0.388 e. The van der Waals surface area contributed by atoms with Crippen LogP contribution in [-0.4, -0.2) is 74.0 Å². The predicted octanol–water partition coefficient (Wildman–Crippen LogP) is -1.78. The number of hydrogen-bond acceptors (Lipinski definition) is 6. The lowest BCUT2D eigenvalue weighted by Crippen LogP contribution is -2.50. The van der Waals surface area contributed by atoms with Crippen LogP contribution in [0.4, 0.5) is 0 Å². The third-order valence-electron chi connectivity index (χ3n) is 3.35. The second kappa shape index (κ2) is 9.76. The number of carbonyl (C=O) groups is 2. The molecule has 4 N–H and O–H groups in total. The van der Waals surface area contributed by atoms with Crippen LogP contribution in [0, 0.1) is 11.3 Å². The molecule has 2 amide bonds. The fraction of sp³-hybridized carbons (Fsp3) is 0.643. The lowest BCUT2D eigenvalue weighted by molar-refractivity contribution is -0.128. The molecule has 1 rings (SSSR count). The van der Waals surface area contributed by atoms with Gasteiger partial charge in [0.25, 0.3) is 5.91 Å². The quantitative estimate of drug-likeness (QED) is 0.291. The van der Waals surface area contributed by atoms with Gasteiger partial charge in [-0.2, -0.15) is 5.26 Å². The van der Waals surface area contributed by atoms with Crippen LogP contribution in [0.3, 0.4) is 0 Å². The third-order valence-corrected chi connectivity index (χ3v) is 3.35. The molecule has 0 radical (unpaired) electrons. The van der Waals surface area contributed by atoms with Crippen molar-refractivity contribution in [2.24, 2.45) is 5.73 Å². The molecule has 0 unspecified atom stereocenters. The standard InChI is InChI=1S/C14H24N6O2/c1-12(21)18-4-3-17-11-13(10-16)14(22)20-8-6-19(5-2-15)7-9-20/h11,17H,2-9,15H2,1H3,(H,18,21)/b13-11-. The molecular formula is C14H24N6O2. The van der Waals surface area contributed by atoms with Gasteiger partial charge < -0.3 is 21.3 Å². The largest absolute Gasteiger partial charge is 0.388 e. The van der Waals surface area contributed by atoms with Gasteiger partial charge in [-0.25, -0.2) is 0 Å². The number of nitriles is 1. The van der Waals surface area contributed by atoms with Gasteiger partial charge in [-0.3, -0.25) is 14.5 Å². The molecule has 0 saturated carbocycles. The Kier molecular flexibility index (Phi) is 7.96. The fourth-order valence-corrected chi connectivity index (χ4v) is 2.15. The minimum absolute atomic E-state index is 0.0788. The molecule has 1 heterocycles. The van der Waals surface area contributed by atoms with E-state index in [9.17, 15) is 9.59 Å². The van der Waals surface area contributed by atoms with Crippen molar-refractivity contribution >= 4 is 11.8 Å². The van der Waals surface area contributed by atoms with Gasteiger partial charge in [0, 0.05) is 65.5 Å². The van der Waals surface area contributed by atoms with Gasteiger partial charge in [-0.05, 0) is 0 Å². The highest BCUT2D eigenvalue weighted by Crippen LogP contribution is 2.06. The van der Waals surface area contributed by atoms with Crippen molar-refractivity contribution in [2.75, 3.05) is 52.4 Å². The topological polar surface area (TPSA) is 114 Å². The van der Waals surface area contributed by atoms with Crippen molar-refractivity contribution < 1.29 is 9.59 Å². The number of piperazine rings is 1. The zero-order chi connectivity index (χ0) is 16.4. The molecule has 1 aliphatic heterocycles. The molecule has 0 atom stereocenters. The van der Waals surface area contributed by atoms with Crippen LogP contribution >= 0.6 is 0 Å². The summed E-state index contributed by atoms with van der Waals surface area (Å²) in [4.78, 5) is 26.8. The van der Waals surface area contributed by atoms with E-state index in [1.807, 2.05) is 6.07 Å². The molecule has 8 heteroatoms. The van der Waals surface area contributed by atoms with Crippen molar-refractivity contribution in [1.29, 1.82) is 5.26 Å².